The third-order valence-corrected chi connectivity index (χ3v) is 4.07. The predicted octanol–water partition coefficient (Wildman–Crippen LogP) is 3.02. The Morgan fingerprint density at radius 1 is 0.852 bits per heavy atom. The monoisotopic (exact) mass is 363 g/mol. The second-order valence-electron chi connectivity index (χ2n) is 5.89. The molecule has 27 heavy (non-hydrogen) atoms. The van der Waals surface area contributed by atoms with Gasteiger partial charge in [-0.05, 0) is 35.7 Å². The Labute approximate surface area is 157 Å². The van der Waals surface area contributed by atoms with Crippen LogP contribution in [0, 0.1) is 0 Å². The molecule has 138 valence electrons. The van der Waals surface area contributed by atoms with Crippen LogP contribution in [0.4, 0.5) is 11.4 Å². The van der Waals surface area contributed by atoms with E-state index in [0.29, 0.717) is 24.5 Å². The number of nitrogens with one attached hydrogen (secondary N) is 3. The molecule has 0 radical (unpaired) electrons. The highest BCUT2D eigenvalue weighted by atomic mass is 16.5. The number of hydrogen-bond donors (Lipinski definition) is 3. The largest absolute Gasteiger partial charge is 0.497 e. The van der Waals surface area contributed by atoms with Crippen molar-refractivity contribution in [2.45, 2.75) is 0 Å². The fourth-order valence-electron chi connectivity index (χ4n) is 2.70. The van der Waals surface area contributed by atoms with Crippen LogP contribution in [-0.2, 0) is 9.59 Å². The minimum Gasteiger partial charge on any atom is -0.497 e. The molecule has 0 bridgehead atoms. The van der Waals surface area contributed by atoms with Crippen molar-refractivity contribution in [2.75, 3.05) is 30.8 Å². The molecule has 0 aliphatic heterocycles. The molecule has 0 saturated heterocycles. The Balaban J connectivity index is 1.46. The first-order valence-electron chi connectivity index (χ1n) is 8.62. The average Bonchev–Trinajstić information content (AvgIpc) is 2.71. The van der Waals surface area contributed by atoms with Gasteiger partial charge in [0.1, 0.15) is 5.75 Å². The molecule has 6 nitrogen and oxygen atoms in total. The Bertz CT molecular complexity index is 934. The van der Waals surface area contributed by atoms with E-state index < -0.39 is 11.8 Å². The zero-order valence-electron chi connectivity index (χ0n) is 15.0. The van der Waals surface area contributed by atoms with E-state index in [2.05, 4.69) is 16.0 Å². The van der Waals surface area contributed by atoms with Crippen molar-refractivity contribution < 1.29 is 14.3 Å². The number of fused-ring (bicyclic) bond motifs is 1. The van der Waals surface area contributed by atoms with E-state index in [1.807, 2.05) is 42.5 Å². The maximum atomic E-state index is 11.9. The Morgan fingerprint density at radius 2 is 1.59 bits per heavy atom. The van der Waals surface area contributed by atoms with Crippen molar-refractivity contribution in [2.24, 2.45) is 0 Å². The van der Waals surface area contributed by atoms with Gasteiger partial charge in [0.2, 0.25) is 0 Å². The van der Waals surface area contributed by atoms with Gasteiger partial charge in [0.15, 0.2) is 0 Å². The second kappa shape index (κ2) is 8.71. The van der Waals surface area contributed by atoms with Crippen LogP contribution in [0.25, 0.3) is 10.8 Å². The van der Waals surface area contributed by atoms with E-state index in [0.717, 1.165) is 16.5 Å². The highest BCUT2D eigenvalue weighted by Crippen LogP contribution is 2.22. The number of ether oxygens (including phenoxy) is 1. The van der Waals surface area contributed by atoms with Gasteiger partial charge in [-0.1, -0.05) is 36.4 Å². The summed E-state index contributed by atoms with van der Waals surface area (Å²) >= 11 is 0. The molecule has 0 aliphatic carbocycles. The third kappa shape index (κ3) is 4.76. The molecule has 0 saturated carbocycles. The van der Waals surface area contributed by atoms with E-state index in [1.165, 1.54) is 0 Å². The van der Waals surface area contributed by atoms with Gasteiger partial charge >= 0.3 is 11.8 Å². The van der Waals surface area contributed by atoms with Gasteiger partial charge in [-0.15, -0.1) is 0 Å². The lowest BCUT2D eigenvalue weighted by Crippen LogP contribution is -2.37. The first-order valence-corrected chi connectivity index (χ1v) is 8.62. The van der Waals surface area contributed by atoms with Crippen molar-refractivity contribution in [3.63, 3.8) is 0 Å². The molecule has 2 amide bonds. The minimum absolute atomic E-state index is 0.331. The zero-order valence-corrected chi connectivity index (χ0v) is 15.0. The SMILES string of the molecule is COc1ccc(NC(=O)C(=O)NCCNc2cccc3ccccc23)cc1. The topological polar surface area (TPSA) is 79.5 Å². The molecule has 0 unspecified atom stereocenters. The average molecular weight is 363 g/mol. The minimum atomic E-state index is -0.703. The lowest BCUT2D eigenvalue weighted by Gasteiger charge is -2.11. The number of rotatable bonds is 6. The molecule has 3 N–H and O–H groups in total. The number of anilines is 2. The summed E-state index contributed by atoms with van der Waals surface area (Å²) in [5.41, 5.74) is 1.52. The van der Waals surface area contributed by atoms with Gasteiger partial charge in [0.05, 0.1) is 7.11 Å². The number of amides is 2. The van der Waals surface area contributed by atoms with Crippen LogP contribution in [0.1, 0.15) is 0 Å². The highest BCUT2D eigenvalue weighted by Gasteiger charge is 2.13. The van der Waals surface area contributed by atoms with E-state index >= 15 is 0 Å². The van der Waals surface area contributed by atoms with E-state index in [-0.39, 0.29) is 0 Å². The summed E-state index contributed by atoms with van der Waals surface area (Å²) in [5.74, 6) is -0.701. The smallest absolute Gasteiger partial charge is 0.313 e. The summed E-state index contributed by atoms with van der Waals surface area (Å²) in [4.78, 5) is 23.8. The normalized spacial score (nSPS) is 10.3. The molecule has 3 aromatic rings. The van der Waals surface area contributed by atoms with Crippen molar-refractivity contribution >= 4 is 34.0 Å². The lowest BCUT2D eigenvalue weighted by molar-refractivity contribution is -0.136. The third-order valence-electron chi connectivity index (χ3n) is 4.07. The number of benzene rings is 3. The summed E-state index contributed by atoms with van der Waals surface area (Å²) in [7, 11) is 1.56. The zero-order chi connectivity index (χ0) is 19.1. The van der Waals surface area contributed by atoms with E-state index in [1.54, 1.807) is 31.4 Å². The lowest BCUT2D eigenvalue weighted by atomic mass is 10.1. The van der Waals surface area contributed by atoms with Gasteiger partial charge in [-0.3, -0.25) is 9.59 Å². The van der Waals surface area contributed by atoms with Crippen molar-refractivity contribution in [3.05, 3.63) is 66.7 Å². The standard InChI is InChI=1S/C21H21N3O3/c1-27-17-11-9-16(10-12-17)24-21(26)20(25)23-14-13-22-19-8-4-6-15-5-2-3-7-18(15)19/h2-12,22H,13-14H2,1H3,(H,23,25)(H,24,26). The molecular formula is C21H21N3O3. The summed E-state index contributed by atoms with van der Waals surface area (Å²) < 4.78 is 5.05. The van der Waals surface area contributed by atoms with Crippen molar-refractivity contribution in [1.29, 1.82) is 0 Å². The van der Waals surface area contributed by atoms with E-state index in [4.69, 9.17) is 4.74 Å². The quantitative estimate of drug-likeness (QED) is 0.465. The molecule has 0 heterocycles. The Morgan fingerprint density at radius 3 is 2.37 bits per heavy atom. The van der Waals surface area contributed by atoms with Crippen LogP contribution in [-0.4, -0.2) is 32.0 Å². The van der Waals surface area contributed by atoms with Crippen LogP contribution in [0.5, 0.6) is 5.75 Å². The molecule has 0 spiro atoms. The first-order chi connectivity index (χ1) is 13.2. The number of methoxy groups -OCH3 is 1. The molecule has 6 heteroatoms. The summed E-state index contributed by atoms with van der Waals surface area (Å²) in [6, 6.07) is 20.8. The molecule has 0 atom stereocenters. The van der Waals surface area contributed by atoms with Crippen LogP contribution in [0.3, 0.4) is 0 Å². The van der Waals surface area contributed by atoms with Gasteiger partial charge in [0, 0.05) is 29.9 Å². The number of carbonyl (C=O) groups is 2. The Kier molecular flexibility index (Phi) is 5.89. The van der Waals surface area contributed by atoms with Crippen molar-refractivity contribution in [3.8, 4) is 5.75 Å². The van der Waals surface area contributed by atoms with Crippen LogP contribution >= 0.6 is 0 Å². The summed E-state index contributed by atoms with van der Waals surface area (Å²) in [5, 5.41) is 10.7. The summed E-state index contributed by atoms with van der Waals surface area (Å²) in [6.45, 7) is 0.841. The fourth-order valence-corrected chi connectivity index (χ4v) is 2.70. The van der Waals surface area contributed by atoms with E-state index in [9.17, 15) is 9.59 Å². The molecule has 0 aliphatic rings. The van der Waals surface area contributed by atoms with Crippen LogP contribution in [0.15, 0.2) is 66.7 Å². The highest BCUT2D eigenvalue weighted by molar-refractivity contribution is 6.39. The fraction of sp³-hybridized carbons (Fsp3) is 0.143. The number of hydrogen-bond acceptors (Lipinski definition) is 4. The number of carbonyl (C=O) groups excluding carboxylic acids is 2. The molecule has 3 rings (SSSR count). The summed E-state index contributed by atoms with van der Waals surface area (Å²) in [6.07, 6.45) is 0. The molecule has 0 fully saturated rings. The molecule has 3 aromatic carbocycles. The Hall–Kier alpha value is -3.54. The van der Waals surface area contributed by atoms with Crippen LogP contribution in [0.2, 0.25) is 0 Å². The first kappa shape index (κ1) is 18.3. The maximum Gasteiger partial charge on any atom is 0.313 e. The van der Waals surface area contributed by atoms with Gasteiger partial charge in [-0.25, -0.2) is 0 Å². The second-order valence-corrected chi connectivity index (χ2v) is 5.89. The molecular weight excluding hydrogens is 342 g/mol. The van der Waals surface area contributed by atoms with Crippen molar-refractivity contribution in [1.82, 2.24) is 5.32 Å². The maximum absolute atomic E-state index is 11.9. The van der Waals surface area contributed by atoms with Crippen LogP contribution < -0.4 is 20.7 Å². The van der Waals surface area contributed by atoms with Gasteiger partial charge < -0.3 is 20.7 Å². The molecule has 0 aromatic heterocycles. The van der Waals surface area contributed by atoms with Gasteiger partial charge in [-0.2, -0.15) is 0 Å². The predicted molar refractivity (Wildman–Crippen MR) is 107 cm³/mol. The van der Waals surface area contributed by atoms with Gasteiger partial charge in [0.25, 0.3) is 0 Å².